The van der Waals surface area contributed by atoms with Crippen LogP contribution < -0.4 is 0 Å². The summed E-state index contributed by atoms with van der Waals surface area (Å²) >= 11 is 1.29. The molecule has 0 unspecified atom stereocenters. The van der Waals surface area contributed by atoms with Crippen LogP contribution >= 0.6 is 11.3 Å². The Hall–Kier alpha value is -1.84. The third-order valence-corrected chi connectivity index (χ3v) is 3.54. The van der Waals surface area contributed by atoms with E-state index in [9.17, 15) is 9.59 Å². The van der Waals surface area contributed by atoms with E-state index in [0.29, 0.717) is 24.3 Å². The zero-order valence-corrected chi connectivity index (χ0v) is 12.3. The minimum Gasteiger partial charge on any atom is -0.469 e. The van der Waals surface area contributed by atoms with E-state index in [4.69, 9.17) is 5.11 Å². The fourth-order valence-electron chi connectivity index (χ4n) is 1.50. The third-order valence-electron chi connectivity index (χ3n) is 2.56. The first-order chi connectivity index (χ1) is 9.58. The summed E-state index contributed by atoms with van der Waals surface area (Å²) in [5, 5.41) is 8.61. The van der Waals surface area contributed by atoms with Gasteiger partial charge < -0.3 is 14.7 Å². The Morgan fingerprint density at radius 1 is 1.45 bits per heavy atom. The van der Waals surface area contributed by atoms with Crippen LogP contribution in [-0.4, -0.2) is 49.2 Å². The van der Waals surface area contributed by atoms with Crippen molar-refractivity contribution in [1.29, 1.82) is 0 Å². The summed E-state index contributed by atoms with van der Waals surface area (Å²) in [6.07, 6.45) is 0.864. The lowest BCUT2D eigenvalue weighted by atomic mass is 10.3. The van der Waals surface area contributed by atoms with Crippen LogP contribution in [0.25, 0.3) is 0 Å². The van der Waals surface area contributed by atoms with E-state index in [0.717, 1.165) is 4.88 Å². The average Bonchev–Trinajstić information content (AvgIpc) is 2.92. The third kappa shape index (κ3) is 5.03. The van der Waals surface area contributed by atoms with Gasteiger partial charge in [0.05, 0.1) is 16.9 Å². The molecule has 0 saturated carbocycles. The Kier molecular flexibility index (Phi) is 6.77. The molecular weight excluding hydrogens is 278 g/mol. The van der Waals surface area contributed by atoms with Crippen molar-refractivity contribution in [2.24, 2.45) is 0 Å². The van der Waals surface area contributed by atoms with Gasteiger partial charge in [0.2, 0.25) is 0 Å². The van der Waals surface area contributed by atoms with Crippen molar-refractivity contribution in [3.05, 3.63) is 21.9 Å². The molecule has 0 atom stereocenters. The van der Waals surface area contributed by atoms with Crippen LogP contribution in [0.15, 0.2) is 12.1 Å². The molecule has 1 aromatic heterocycles. The topological polar surface area (TPSA) is 66.8 Å². The summed E-state index contributed by atoms with van der Waals surface area (Å²) in [7, 11) is 3.04. The summed E-state index contributed by atoms with van der Waals surface area (Å²) < 4.78 is 4.54. The molecule has 5 nitrogen and oxygen atoms in total. The quantitative estimate of drug-likeness (QED) is 0.653. The first kappa shape index (κ1) is 16.2. The molecule has 1 N–H and O–H groups in total. The van der Waals surface area contributed by atoms with Crippen molar-refractivity contribution < 1.29 is 19.4 Å². The maximum absolute atomic E-state index is 12.1. The maximum Gasteiger partial charge on any atom is 0.305 e. The summed E-state index contributed by atoms with van der Waals surface area (Å²) in [6.45, 7) is 0.290. The molecule has 6 heteroatoms. The molecule has 1 amide bonds. The average molecular weight is 295 g/mol. The van der Waals surface area contributed by atoms with Crippen molar-refractivity contribution in [2.75, 3.05) is 27.3 Å². The zero-order chi connectivity index (χ0) is 15.0. The second kappa shape index (κ2) is 8.35. The van der Waals surface area contributed by atoms with Gasteiger partial charge in [-0.25, -0.2) is 0 Å². The van der Waals surface area contributed by atoms with Gasteiger partial charge in [0.15, 0.2) is 0 Å². The highest BCUT2D eigenvalue weighted by atomic mass is 32.1. The summed E-state index contributed by atoms with van der Waals surface area (Å²) in [5.74, 6) is 4.93. The molecule has 0 aromatic carbocycles. The van der Waals surface area contributed by atoms with Gasteiger partial charge in [-0.2, -0.15) is 0 Å². The number of hydrogen-bond donors (Lipinski definition) is 1. The Bertz CT molecular complexity index is 527. The first-order valence-electron chi connectivity index (χ1n) is 6.10. The van der Waals surface area contributed by atoms with E-state index in [2.05, 4.69) is 16.6 Å². The number of rotatable bonds is 5. The van der Waals surface area contributed by atoms with Crippen LogP contribution in [0, 0.1) is 11.8 Å². The van der Waals surface area contributed by atoms with Crippen molar-refractivity contribution in [1.82, 2.24) is 4.90 Å². The van der Waals surface area contributed by atoms with Gasteiger partial charge >= 0.3 is 5.97 Å². The molecule has 1 rings (SSSR count). The smallest absolute Gasteiger partial charge is 0.305 e. The maximum atomic E-state index is 12.1. The van der Waals surface area contributed by atoms with Crippen LogP contribution in [0.3, 0.4) is 0 Å². The molecule has 20 heavy (non-hydrogen) atoms. The van der Waals surface area contributed by atoms with Crippen LogP contribution in [-0.2, 0) is 9.53 Å². The molecule has 1 heterocycles. The molecule has 0 fully saturated rings. The molecule has 0 bridgehead atoms. The fourth-order valence-corrected chi connectivity index (χ4v) is 2.37. The number of nitrogens with zero attached hydrogens (tertiary/aromatic N) is 1. The van der Waals surface area contributed by atoms with E-state index < -0.39 is 0 Å². The number of carbonyl (C=O) groups excluding carboxylic acids is 2. The normalized spacial score (nSPS) is 9.55. The van der Waals surface area contributed by atoms with Crippen LogP contribution in [0.5, 0.6) is 0 Å². The highest BCUT2D eigenvalue weighted by molar-refractivity contribution is 7.14. The van der Waals surface area contributed by atoms with Gasteiger partial charge in [0.1, 0.15) is 6.61 Å². The Labute approximate surface area is 122 Å². The van der Waals surface area contributed by atoms with E-state index in [1.165, 1.54) is 18.4 Å². The Morgan fingerprint density at radius 2 is 2.20 bits per heavy atom. The Balaban J connectivity index is 2.52. The summed E-state index contributed by atoms with van der Waals surface area (Å²) in [5.41, 5.74) is 0. The first-order valence-corrected chi connectivity index (χ1v) is 6.92. The minimum atomic E-state index is -0.275. The van der Waals surface area contributed by atoms with Gasteiger partial charge in [-0.1, -0.05) is 11.8 Å². The second-order valence-corrected chi connectivity index (χ2v) is 5.11. The number of aliphatic hydroxyl groups is 1. The molecule has 0 aliphatic heterocycles. The van der Waals surface area contributed by atoms with Crippen molar-refractivity contribution >= 4 is 23.2 Å². The number of esters is 1. The molecule has 1 aromatic rings. The molecule has 0 aliphatic carbocycles. The number of amides is 1. The molecule has 0 aliphatic rings. The van der Waals surface area contributed by atoms with E-state index in [1.54, 1.807) is 24.1 Å². The fraction of sp³-hybridized carbons (Fsp3) is 0.429. The standard InChI is InChI=1S/C14H17NO4S/c1-15(9-3-6-13(17)19-2)14(18)12-8-7-11(20-12)5-4-10-16/h7-8,16H,3,6,9-10H2,1-2H3. The van der Waals surface area contributed by atoms with Gasteiger partial charge in [0.25, 0.3) is 5.91 Å². The highest BCUT2D eigenvalue weighted by Crippen LogP contribution is 2.17. The van der Waals surface area contributed by atoms with Crippen molar-refractivity contribution in [3.8, 4) is 11.8 Å². The molecular formula is C14H17NO4S. The van der Waals surface area contributed by atoms with Gasteiger partial charge in [-0.05, 0) is 18.6 Å². The lowest BCUT2D eigenvalue weighted by Gasteiger charge is -2.15. The molecule has 108 valence electrons. The Morgan fingerprint density at radius 3 is 2.85 bits per heavy atom. The number of aliphatic hydroxyl groups excluding tert-OH is 1. The lowest BCUT2D eigenvalue weighted by Crippen LogP contribution is -2.27. The predicted octanol–water partition coefficient (Wildman–Crippen LogP) is 1.12. The molecule has 0 radical (unpaired) electrons. The highest BCUT2D eigenvalue weighted by Gasteiger charge is 2.14. The van der Waals surface area contributed by atoms with Crippen molar-refractivity contribution in [3.63, 3.8) is 0 Å². The minimum absolute atomic E-state index is 0.100. The number of methoxy groups -OCH3 is 1. The summed E-state index contributed by atoms with van der Waals surface area (Å²) in [6, 6.07) is 3.47. The number of thiophene rings is 1. The zero-order valence-electron chi connectivity index (χ0n) is 11.5. The number of carbonyl (C=O) groups is 2. The SMILES string of the molecule is COC(=O)CCCN(C)C(=O)c1ccc(C#CCO)s1. The van der Waals surface area contributed by atoms with Gasteiger partial charge in [0, 0.05) is 20.0 Å². The predicted molar refractivity (Wildman–Crippen MR) is 76.5 cm³/mol. The van der Waals surface area contributed by atoms with Crippen LogP contribution in [0.4, 0.5) is 0 Å². The molecule has 0 saturated heterocycles. The number of hydrogen-bond acceptors (Lipinski definition) is 5. The second-order valence-electron chi connectivity index (χ2n) is 4.03. The van der Waals surface area contributed by atoms with Crippen LogP contribution in [0.2, 0.25) is 0 Å². The lowest BCUT2D eigenvalue weighted by molar-refractivity contribution is -0.140. The van der Waals surface area contributed by atoms with Gasteiger partial charge in [-0.3, -0.25) is 9.59 Å². The van der Waals surface area contributed by atoms with E-state index >= 15 is 0 Å². The van der Waals surface area contributed by atoms with E-state index in [1.807, 2.05) is 0 Å². The number of ether oxygens (including phenoxy) is 1. The largest absolute Gasteiger partial charge is 0.469 e. The molecule has 0 spiro atoms. The van der Waals surface area contributed by atoms with Crippen molar-refractivity contribution in [2.45, 2.75) is 12.8 Å². The summed E-state index contributed by atoms with van der Waals surface area (Å²) in [4.78, 5) is 26.0. The van der Waals surface area contributed by atoms with Crippen LogP contribution in [0.1, 0.15) is 27.4 Å². The van der Waals surface area contributed by atoms with Gasteiger partial charge in [-0.15, -0.1) is 11.3 Å². The van der Waals surface area contributed by atoms with E-state index in [-0.39, 0.29) is 18.5 Å². The monoisotopic (exact) mass is 295 g/mol.